The zero-order valence-electron chi connectivity index (χ0n) is 12.6. The standard InChI is InChI=1S/C15H24N4O/c1-4-12-14(13(5-2)18-10-17-12)15(20)16-8-11-6-7-19(3)9-11/h10-11H,4-9H2,1-3H3,(H,16,20). The van der Waals surface area contributed by atoms with Gasteiger partial charge in [0.05, 0.1) is 17.0 Å². The fourth-order valence-corrected chi connectivity index (χ4v) is 2.78. The predicted molar refractivity (Wildman–Crippen MR) is 78.7 cm³/mol. The summed E-state index contributed by atoms with van der Waals surface area (Å²) in [7, 11) is 2.12. The van der Waals surface area contributed by atoms with Gasteiger partial charge in [0.25, 0.3) is 5.91 Å². The third kappa shape index (κ3) is 3.33. The molecule has 0 radical (unpaired) electrons. The number of aromatic nitrogens is 2. The normalized spacial score (nSPS) is 19.2. The van der Waals surface area contributed by atoms with Crippen molar-refractivity contribution in [3.8, 4) is 0 Å². The van der Waals surface area contributed by atoms with Crippen LogP contribution in [0.3, 0.4) is 0 Å². The van der Waals surface area contributed by atoms with Crippen molar-refractivity contribution in [1.82, 2.24) is 20.2 Å². The highest BCUT2D eigenvalue weighted by Crippen LogP contribution is 2.15. The van der Waals surface area contributed by atoms with Crippen LogP contribution in [0, 0.1) is 5.92 Å². The van der Waals surface area contributed by atoms with E-state index in [0.29, 0.717) is 11.5 Å². The summed E-state index contributed by atoms with van der Waals surface area (Å²) >= 11 is 0. The Bertz CT molecular complexity index is 453. The van der Waals surface area contributed by atoms with Gasteiger partial charge in [0.1, 0.15) is 6.33 Å². The molecule has 1 N–H and O–H groups in total. The maximum Gasteiger partial charge on any atom is 0.255 e. The van der Waals surface area contributed by atoms with Crippen LogP contribution in [-0.2, 0) is 12.8 Å². The summed E-state index contributed by atoms with van der Waals surface area (Å²) in [5.41, 5.74) is 2.37. The van der Waals surface area contributed by atoms with Crippen LogP contribution in [0.1, 0.15) is 42.0 Å². The number of nitrogens with one attached hydrogen (secondary N) is 1. The Hall–Kier alpha value is -1.49. The van der Waals surface area contributed by atoms with Gasteiger partial charge in [-0.2, -0.15) is 0 Å². The summed E-state index contributed by atoms with van der Waals surface area (Å²) in [5.74, 6) is 0.539. The van der Waals surface area contributed by atoms with Crippen molar-refractivity contribution in [3.63, 3.8) is 0 Å². The average Bonchev–Trinajstić information content (AvgIpc) is 2.89. The van der Waals surface area contributed by atoms with Crippen LogP contribution < -0.4 is 5.32 Å². The van der Waals surface area contributed by atoms with Crippen molar-refractivity contribution in [3.05, 3.63) is 23.3 Å². The Morgan fingerprint density at radius 2 is 2.00 bits per heavy atom. The van der Waals surface area contributed by atoms with Crippen molar-refractivity contribution in [1.29, 1.82) is 0 Å². The topological polar surface area (TPSA) is 58.1 Å². The molecular formula is C15H24N4O. The van der Waals surface area contributed by atoms with E-state index in [4.69, 9.17) is 0 Å². The first-order chi connectivity index (χ1) is 9.65. The molecule has 2 rings (SSSR count). The van der Waals surface area contributed by atoms with E-state index in [9.17, 15) is 4.79 Å². The molecule has 1 aliphatic heterocycles. The minimum absolute atomic E-state index is 0.0196. The first-order valence-electron chi connectivity index (χ1n) is 7.45. The number of aryl methyl sites for hydroxylation is 2. The fraction of sp³-hybridized carbons (Fsp3) is 0.667. The summed E-state index contributed by atoms with van der Waals surface area (Å²) in [4.78, 5) is 23.2. The number of rotatable bonds is 5. The van der Waals surface area contributed by atoms with Crippen LogP contribution >= 0.6 is 0 Å². The van der Waals surface area contributed by atoms with Gasteiger partial charge in [-0.3, -0.25) is 4.79 Å². The van der Waals surface area contributed by atoms with E-state index in [-0.39, 0.29) is 5.91 Å². The Morgan fingerprint density at radius 3 is 2.50 bits per heavy atom. The average molecular weight is 276 g/mol. The van der Waals surface area contributed by atoms with Gasteiger partial charge < -0.3 is 10.2 Å². The largest absolute Gasteiger partial charge is 0.352 e. The Kier molecular flexibility index (Phi) is 5.06. The smallest absolute Gasteiger partial charge is 0.255 e. The molecule has 2 heterocycles. The molecule has 0 saturated carbocycles. The second-order valence-electron chi connectivity index (χ2n) is 5.48. The number of carbonyl (C=O) groups excluding carboxylic acids is 1. The Balaban J connectivity index is 2.05. The van der Waals surface area contributed by atoms with Gasteiger partial charge in [-0.15, -0.1) is 0 Å². The SMILES string of the molecule is CCc1ncnc(CC)c1C(=O)NCC1CCN(C)C1. The summed E-state index contributed by atoms with van der Waals surface area (Å²) in [6.07, 6.45) is 4.22. The van der Waals surface area contributed by atoms with Gasteiger partial charge in [-0.1, -0.05) is 13.8 Å². The van der Waals surface area contributed by atoms with Gasteiger partial charge in [-0.05, 0) is 38.8 Å². The van der Waals surface area contributed by atoms with Gasteiger partial charge in [-0.25, -0.2) is 9.97 Å². The van der Waals surface area contributed by atoms with Crippen LogP contribution in [0.15, 0.2) is 6.33 Å². The van der Waals surface area contributed by atoms with Crippen LogP contribution in [0.4, 0.5) is 0 Å². The van der Waals surface area contributed by atoms with E-state index in [2.05, 4.69) is 27.2 Å². The minimum Gasteiger partial charge on any atom is -0.352 e. The van der Waals surface area contributed by atoms with Crippen LogP contribution in [0.25, 0.3) is 0 Å². The molecule has 110 valence electrons. The van der Waals surface area contributed by atoms with E-state index < -0.39 is 0 Å². The molecule has 1 saturated heterocycles. The molecule has 5 heteroatoms. The zero-order chi connectivity index (χ0) is 14.5. The molecule has 5 nitrogen and oxygen atoms in total. The van der Waals surface area contributed by atoms with Crippen LogP contribution in [-0.4, -0.2) is 47.5 Å². The monoisotopic (exact) mass is 276 g/mol. The summed E-state index contributed by atoms with van der Waals surface area (Å²) in [6, 6.07) is 0. The molecule has 1 unspecified atom stereocenters. The second-order valence-corrected chi connectivity index (χ2v) is 5.48. The highest BCUT2D eigenvalue weighted by Gasteiger charge is 2.22. The van der Waals surface area contributed by atoms with E-state index >= 15 is 0 Å². The summed E-state index contributed by atoms with van der Waals surface area (Å²) in [5, 5.41) is 3.07. The number of hydrogen-bond acceptors (Lipinski definition) is 4. The maximum atomic E-state index is 12.4. The van der Waals surface area contributed by atoms with E-state index in [1.165, 1.54) is 0 Å². The van der Waals surface area contributed by atoms with Crippen molar-refractivity contribution in [2.45, 2.75) is 33.1 Å². The maximum absolute atomic E-state index is 12.4. The van der Waals surface area contributed by atoms with Crippen molar-refractivity contribution in [2.24, 2.45) is 5.92 Å². The molecule has 20 heavy (non-hydrogen) atoms. The van der Waals surface area contributed by atoms with Gasteiger partial charge in [0.2, 0.25) is 0 Å². The third-order valence-electron chi connectivity index (χ3n) is 3.94. The van der Waals surface area contributed by atoms with Crippen LogP contribution in [0.5, 0.6) is 0 Å². The third-order valence-corrected chi connectivity index (χ3v) is 3.94. The lowest BCUT2D eigenvalue weighted by molar-refractivity contribution is 0.0944. The number of amides is 1. The molecule has 0 spiro atoms. The molecule has 0 aliphatic carbocycles. The van der Waals surface area contributed by atoms with Crippen molar-refractivity contribution < 1.29 is 4.79 Å². The Morgan fingerprint density at radius 1 is 1.35 bits per heavy atom. The molecular weight excluding hydrogens is 252 g/mol. The van der Waals surface area contributed by atoms with Gasteiger partial charge in [0.15, 0.2) is 0 Å². The minimum atomic E-state index is -0.0196. The fourth-order valence-electron chi connectivity index (χ4n) is 2.78. The quantitative estimate of drug-likeness (QED) is 0.880. The van der Waals surface area contributed by atoms with E-state index in [1.807, 2.05) is 13.8 Å². The number of hydrogen-bond donors (Lipinski definition) is 1. The molecule has 1 aromatic rings. The highest BCUT2D eigenvalue weighted by atomic mass is 16.1. The van der Waals surface area contributed by atoms with Gasteiger partial charge in [0, 0.05) is 13.1 Å². The predicted octanol–water partition coefficient (Wildman–Crippen LogP) is 1.28. The summed E-state index contributed by atoms with van der Waals surface area (Å²) in [6.45, 7) is 6.96. The van der Waals surface area contributed by atoms with Crippen molar-refractivity contribution >= 4 is 5.91 Å². The first-order valence-corrected chi connectivity index (χ1v) is 7.45. The van der Waals surface area contributed by atoms with E-state index in [1.54, 1.807) is 6.33 Å². The van der Waals surface area contributed by atoms with Crippen molar-refractivity contribution in [2.75, 3.05) is 26.7 Å². The molecule has 1 amide bonds. The molecule has 0 bridgehead atoms. The first kappa shape index (κ1) is 14.9. The molecule has 1 fully saturated rings. The number of carbonyl (C=O) groups is 1. The van der Waals surface area contributed by atoms with Crippen LogP contribution in [0.2, 0.25) is 0 Å². The molecule has 1 atom stereocenters. The molecule has 1 aromatic heterocycles. The Labute approximate surface area is 120 Å². The molecule has 0 aromatic carbocycles. The van der Waals surface area contributed by atoms with Gasteiger partial charge >= 0.3 is 0 Å². The lowest BCUT2D eigenvalue weighted by Gasteiger charge is -2.14. The second kappa shape index (κ2) is 6.79. The summed E-state index contributed by atoms with van der Waals surface area (Å²) < 4.78 is 0. The number of likely N-dealkylation sites (tertiary alicyclic amines) is 1. The lowest BCUT2D eigenvalue weighted by atomic mass is 10.1. The lowest BCUT2D eigenvalue weighted by Crippen LogP contribution is -2.32. The number of nitrogens with zero attached hydrogens (tertiary/aromatic N) is 3. The highest BCUT2D eigenvalue weighted by molar-refractivity contribution is 5.96. The zero-order valence-corrected chi connectivity index (χ0v) is 12.6. The molecule has 1 aliphatic rings. The van der Waals surface area contributed by atoms with E-state index in [0.717, 1.165) is 50.3 Å².